The van der Waals surface area contributed by atoms with Gasteiger partial charge in [0.05, 0.1) is 19.9 Å². The lowest BCUT2D eigenvalue weighted by atomic mass is 10.0. The Morgan fingerprint density at radius 3 is 2.83 bits per heavy atom. The minimum Gasteiger partial charge on any atom is -0.497 e. The maximum atomic E-state index is 12.1. The van der Waals surface area contributed by atoms with Gasteiger partial charge in [0.2, 0.25) is 0 Å². The molecule has 0 aliphatic carbocycles. The maximum Gasteiger partial charge on any atom is 0.319 e. The van der Waals surface area contributed by atoms with Crippen LogP contribution in [0.25, 0.3) is 0 Å². The van der Waals surface area contributed by atoms with Gasteiger partial charge in [-0.2, -0.15) is 0 Å². The van der Waals surface area contributed by atoms with E-state index in [1.165, 1.54) is 25.8 Å². The quantitative estimate of drug-likeness (QED) is 0.752. The van der Waals surface area contributed by atoms with Crippen LogP contribution in [0.5, 0.6) is 11.5 Å². The van der Waals surface area contributed by atoms with Crippen LogP contribution in [0.2, 0.25) is 0 Å². The molecular weight excluding hydrogens is 306 g/mol. The van der Waals surface area contributed by atoms with E-state index < -0.39 is 0 Å². The molecule has 2 N–H and O–H groups in total. The summed E-state index contributed by atoms with van der Waals surface area (Å²) in [6.07, 6.45) is 4.85. The summed E-state index contributed by atoms with van der Waals surface area (Å²) in [5.41, 5.74) is 0.596. The molecule has 0 aromatic heterocycles. The second-order valence-corrected chi connectivity index (χ2v) is 6.18. The Bertz CT molecular complexity index is 536. The number of ether oxygens (including phenoxy) is 2. The molecule has 1 aromatic carbocycles. The van der Waals surface area contributed by atoms with Crippen LogP contribution >= 0.6 is 0 Å². The Labute approximate surface area is 144 Å². The summed E-state index contributed by atoms with van der Waals surface area (Å²) in [4.78, 5) is 14.6. The molecule has 1 heterocycles. The first-order valence-corrected chi connectivity index (χ1v) is 8.65. The molecule has 2 amide bonds. The highest BCUT2D eigenvalue weighted by Crippen LogP contribution is 2.28. The van der Waals surface area contributed by atoms with Crippen molar-refractivity contribution in [2.45, 2.75) is 38.6 Å². The summed E-state index contributed by atoms with van der Waals surface area (Å²) < 4.78 is 10.4. The number of piperidine rings is 1. The van der Waals surface area contributed by atoms with Gasteiger partial charge in [-0.15, -0.1) is 0 Å². The molecule has 0 radical (unpaired) electrons. The standard InChI is InChI=1S/C18H29N3O3/c1-14-7-4-5-11-21(14)12-6-10-19-18(22)20-16-13-15(23-2)8-9-17(16)24-3/h8-9,13-14H,4-7,10-12H2,1-3H3,(H2,19,20,22)/t14-/m0/s1. The van der Waals surface area contributed by atoms with Crippen LogP contribution in [0.1, 0.15) is 32.6 Å². The van der Waals surface area contributed by atoms with Crippen molar-refractivity contribution in [2.24, 2.45) is 0 Å². The largest absolute Gasteiger partial charge is 0.497 e. The predicted molar refractivity (Wildman–Crippen MR) is 96.1 cm³/mol. The van der Waals surface area contributed by atoms with Gasteiger partial charge in [-0.05, 0) is 44.9 Å². The Hall–Kier alpha value is -1.95. The predicted octanol–water partition coefficient (Wildman–Crippen LogP) is 3.09. The molecule has 134 valence electrons. The number of nitrogens with one attached hydrogen (secondary N) is 2. The van der Waals surface area contributed by atoms with E-state index in [0.29, 0.717) is 29.8 Å². The fourth-order valence-electron chi connectivity index (χ4n) is 3.05. The number of amides is 2. The molecule has 1 atom stereocenters. The minimum atomic E-state index is -0.228. The van der Waals surface area contributed by atoms with Gasteiger partial charge in [0.25, 0.3) is 0 Å². The zero-order valence-electron chi connectivity index (χ0n) is 14.9. The third kappa shape index (κ3) is 5.30. The lowest BCUT2D eigenvalue weighted by Gasteiger charge is -2.33. The van der Waals surface area contributed by atoms with E-state index in [9.17, 15) is 4.79 Å². The maximum absolute atomic E-state index is 12.1. The summed E-state index contributed by atoms with van der Waals surface area (Å²) in [6, 6.07) is 5.74. The lowest BCUT2D eigenvalue weighted by molar-refractivity contribution is 0.159. The number of benzene rings is 1. The van der Waals surface area contributed by atoms with E-state index in [1.54, 1.807) is 32.4 Å². The monoisotopic (exact) mass is 335 g/mol. The molecule has 6 nitrogen and oxygen atoms in total. The van der Waals surface area contributed by atoms with E-state index in [0.717, 1.165) is 13.0 Å². The number of hydrogen-bond donors (Lipinski definition) is 2. The van der Waals surface area contributed by atoms with E-state index in [2.05, 4.69) is 22.5 Å². The van der Waals surface area contributed by atoms with Crippen LogP contribution in [-0.2, 0) is 0 Å². The van der Waals surface area contributed by atoms with E-state index in [1.807, 2.05) is 0 Å². The first-order chi connectivity index (χ1) is 11.6. The third-order valence-electron chi connectivity index (χ3n) is 4.50. The average Bonchev–Trinajstić information content (AvgIpc) is 2.60. The molecule has 24 heavy (non-hydrogen) atoms. The summed E-state index contributed by atoms with van der Waals surface area (Å²) in [6.45, 7) is 5.15. The van der Waals surface area contributed by atoms with Gasteiger partial charge in [-0.25, -0.2) is 4.79 Å². The van der Waals surface area contributed by atoms with Crippen molar-refractivity contribution in [3.05, 3.63) is 18.2 Å². The van der Waals surface area contributed by atoms with E-state index in [-0.39, 0.29) is 6.03 Å². The number of hydrogen-bond acceptors (Lipinski definition) is 4. The van der Waals surface area contributed by atoms with Gasteiger partial charge in [-0.3, -0.25) is 0 Å². The SMILES string of the molecule is COc1ccc(OC)c(NC(=O)NCCCN2CCCC[C@@H]2C)c1. The van der Waals surface area contributed by atoms with Crippen molar-refractivity contribution in [3.63, 3.8) is 0 Å². The van der Waals surface area contributed by atoms with Gasteiger partial charge in [0.15, 0.2) is 0 Å². The second-order valence-electron chi connectivity index (χ2n) is 6.18. The number of rotatable bonds is 7. The fraction of sp³-hybridized carbons (Fsp3) is 0.611. The van der Waals surface area contributed by atoms with Crippen molar-refractivity contribution >= 4 is 11.7 Å². The van der Waals surface area contributed by atoms with Gasteiger partial charge in [0.1, 0.15) is 11.5 Å². The van der Waals surface area contributed by atoms with Crippen LogP contribution < -0.4 is 20.1 Å². The first kappa shape index (κ1) is 18.4. The molecule has 1 fully saturated rings. The number of methoxy groups -OCH3 is 2. The number of anilines is 1. The Morgan fingerprint density at radius 2 is 2.12 bits per heavy atom. The highest BCUT2D eigenvalue weighted by atomic mass is 16.5. The number of likely N-dealkylation sites (tertiary alicyclic amines) is 1. The lowest BCUT2D eigenvalue weighted by Crippen LogP contribution is -2.39. The van der Waals surface area contributed by atoms with Crippen LogP contribution in [0, 0.1) is 0 Å². The molecule has 0 saturated carbocycles. The second kappa shape index (κ2) is 9.37. The number of carbonyl (C=O) groups is 1. The highest BCUT2D eigenvalue weighted by molar-refractivity contribution is 5.91. The van der Waals surface area contributed by atoms with Crippen LogP contribution in [-0.4, -0.2) is 50.8 Å². The smallest absolute Gasteiger partial charge is 0.319 e. The highest BCUT2D eigenvalue weighted by Gasteiger charge is 2.17. The number of nitrogens with zero attached hydrogens (tertiary/aromatic N) is 1. The van der Waals surface area contributed by atoms with Gasteiger partial charge in [0, 0.05) is 25.2 Å². The molecule has 1 aliphatic rings. The van der Waals surface area contributed by atoms with Gasteiger partial charge >= 0.3 is 6.03 Å². The van der Waals surface area contributed by atoms with Crippen molar-refractivity contribution in [3.8, 4) is 11.5 Å². The van der Waals surface area contributed by atoms with Crippen LogP contribution in [0.15, 0.2) is 18.2 Å². The minimum absolute atomic E-state index is 0.228. The van der Waals surface area contributed by atoms with Gasteiger partial charge in [-0.1, -0.05) is 6.42 Å². The Kier molecular flexibility index (Phi) is 7.18. The first-order valence-electron chi connectivity index (χ1n) is 8.65. The van der Waals surface area contributed by atoms with E-state index in [4.69, 9.17) is 9.47 Å². The van der Waals surface area contributed by atoms with Gasteiger partial charge < -0.3 is 25.0 Å². The normalized spacial score (nSPS) is 18.0. The molecule has 1 aromatic rings. The molecule has 6 heteroatoms. The summed E-state index contributed by atoms with van der Waals surface area (Å²) >= 11 is 0. The van der Waals surface area contributed by atoms with Crippen molar-refractivity contribution in [1.82, 2.24) is 10.2 Å². The number of carbonyl (C=O) groups excluding carboxylic acids is 1. The van der Waals surface area contributed by atoms with Crippen molar-refractivity contribution < 1.29 is 14.3 Å². The zero-order chi connectivity index (χ0) is 17.4. The Balaban J connectivity index is 1.75. The van der Waals surface area contributed by atoms with Crippen molar-refractivity contribution in [2.75, 3.05) is 39.2 Å². The average molecular weight is 335 g/mol. The molecule has 1 saturated heterocycles. The topological polar surface area (TPSA) is 62.8 Å². The summed E-state index contributed by atoms with van der Waals surface area (Å²) in [5.74, 6) is 1.28. The zero-order valence-corrected chi connectivity index (χ0v) is 14.9. The molecule has 1 aliphatic heterocycles. The molecule has 0 bridgehead atoms. The van der Waals surface area contributed by atoms with E-state index >= 15 is 0 Å². The van der Waals surface area contributed by atoms with Crippen molar-refractivity contribution in [1.29, 1.82) is 0 Å². The molecule has 0 unspecified atom stereocenters. The number of urea groups is 1. The van der Waals surface area contributed by atoms with Crippen LogP contribution in [0.3, 0.4) is 0 Å². The molecule has 2 rings (SSSR count). The fourth-order valence-corrected chi connectivity index (χ4v) is 3.05. The molecular formula is C18H29N3O3. The molecule has 0 spiro atoms. The summed E-state index contributed by atoms with van der Waals surface area (Å²) in [5, 5.41) is 5.72. The third-order valence-corrected chi connectivity index (χ3v) is 4.50. The Morgan fingerprint density at radius 1 is 1.29 bits per heavy atom. The van der Waals surface area contributed by atoms with Crippen LogP contribution in [0.4, 0.5) is 10.5 Å². The summed E-state index contributed by atoms with van der Waals surface area (Å²) in [7, 11) is 3.16.